The summed E-state index contributed by atoms with van der Waals surface area (Å²) in [7, 11) is 0. The number of nitrogens with zero attached hydrogens (tertiary/aromatic N) is 3. The Balaban J connectivity index is 1.63. The molecule has 5 rings (SSSR count). The van der Waals surface area contributed by atoms with Gasteiger partial charge < -0.3 is 14.5 Å². The number of halogens is 2. The molecule has 6 nitrogen and oxygen atoms in total. The summed E-state index contributed by atoms with van der Waals surface area (Å²) >= 11 is 0. The lowest BCUT2D eigenvalue weighted by molar-refractivity contribution is 0.0931. The van der Waals surface area contributed by atoms with E-state index in [-0.39, 0.29) is 40.7 Å². The molecule has 0 radical (unpaired) electrons. The number of aromatic nitrogens is 3. The molecule has 1 N–H and O–H groups in total. The number of amides is 1. The molecule has 180 valence electrons. The fraction of sp³-hybridized carbons (Fsp3) is 0.296. The minimum Gasteiger partial charge on any atom is -0.345 e. The molecule has 0 spiro atoms. The lowest BCUT2D eigenvalue weighted by Gasteiger charge is -2.22. The standard InChI is InChI=1S/C27H26F2N4O2/c1-3-32-13-12-30-22(32)15-33-16(2)23(20-8-5-9-21(29)24(20)27(33)35)26(34)31-25(17-10-11-17)18-6-4-7-19(28)14-18/h4-9,12-14,17,25H,3,10-11,15H2,1-2H3,(H,31,34)/t25-/m0/s1. The first-order valence-electron chi connectivity index (χ1n) is 11.8. The summed E-state index contributed by atoms with van der Waals surface area (Å²) in [4.78, 5) is 31.4. The van der Waals surface area contributed by atoms with Crippen molar-refractivity contribution in [1.29, 1.82) is 0 Å². The number of nitrogens with one attached hydrogen (secondary N) is 1. The van der Waals surface area contributed by atoms with Crippen LogP contribution >= 0.6 is 0 Å². The smallest absolute Gasteiger partial charge is 0.262 e. The van der Waals surface area contributed by atoms with Crippen LogP contribution in [0.15, 0.2) is 59.7 Å². The number of carbonyl (C=O) groups excluding carboxylic acids is 1. The first-order valence-corrected chi connectivity index (χ1v) is 11.8. The van der Waals surface area contributed by atoms with E-state index < -0.39 is 17.3 Å². The van der Waals surface area contributed by atoms with Gasteiger partial charge in [-0.25, -0.2) is 13.8 Å². The van der Waals surface area contributed by atoms with E-state index >= 15 is 0 Å². The summed E-state index contributed by atoms with van der Waals surface area (Å²) in [6, 6.07) is 10.1. The maximum atomic E-state index is 14.9. The van der Waals surface area contributed by atoms with Gasteiger partial charge in [-0.15, -0.1) is 0 Å². The van der Waals surface area contributed by atoms with Gasteiger partial charge in [0, 0.05) is 30.0 Å². The number of aryl methyl sites for hydroxylation is 1. The third-order valence-electron chi connectivity index (χ3n) is 6.77. The quantitative estimate of drug-likeness (QED) is 0.419. The monoisotopic (exact) mass is 476 g/mol. The van der Waals surface area contributed by atoms with Gasteiger partial charge in [0.1, 0.15) is 17.5 Å². The maximum absolute atomic E-state index is 14.9. The Kier molecular flexibility index (Phi) is 5.96. The van der Waals surface area contributed by atoms with Crippen LogP contribution in [0.2, 0.25) is 0 Å². The van der Waals surface area contributed by atoms with Gasteiger partial charge in [0.2, 0.25) is 0 Å². The number of benzene rings is 2. The average molecular weight is 477 g/mol. The fourth-order valence-corrected chi connectivity index (χ4v) is 4.78. The number of hydrogen-bond donors (Lipinski definition) is 1. The molecule has 4 aromatic rings. The third kappa shape index (κ3) is 4.24. The zero-order valence-electron chi connectivity index (χ0n) is 19.6. The molecular formula is C27H26F2N4O2. The Morgan fingerprint density at radius 3 is 2.69 bits per heavy atom. The Morgan fingerprint density at radius 2 is 1.97 bits per heavy atom. The van der Waals surface area contributed by atoms with E-state index in [2.05, 4.69) is 10.3 Å². The lowest BCUT2D eigenvalue weighted by Crippen LogP contribution is -2.34. The molecule has 0 bridgehead atoms. The second-order valence-corrected chi connectivity index (χ2v) is 8.99. The van der Waals surface area contributed by atoms with Crippen molar-refractivity contribution < 1.29 is 13.6 Å². The molecule has 2 aromatic carbocycles. The van der Waals surface area contributed by atoms with Crippen molar-refractivity contribution in [3.05, 3.63) is 99.5 Å². The summed E-state index contributed by atoms with van der Waals surface area (Å²) in [5, 5.41) is 3.18. The number of fused-ring (bicyclic) bond motifs is 1. The van der Waals surface area contributed by atoms with Gasteiger partial charge in [-0.3, -0.25) is 9.59 Å². The van der Waals surface area contributed by atoms with Gasteiger partial charge in [0.05, 0.1) is 23.5 Å². The van der Waals surface area contributed by atoms with Crippen LogP contribution in [-0.2, 0) is 13.1 Å². The second-order valence-electron chi connectivity index (χ2n) is 8.99. The van der Waals surface area contributed by atoms with Crippen LogP contribution in [0.1, 0.15) is 53.2 Å². The van der Waals surface area contributed by atoms with Gasteiger partial charge in [-0.2, -0.15) is 0 Å². The predicted octanol–water partition coefficient (Wildman–Crippen LogP) is 4.73. The highest BCUT2D eigenvalue weighted by Gasteiger charge is 2.34. The van der Waals surface area contributed by atoms with E-state index in [4.69, 9.17) is 0 Å². The van der Waals surface area contributed by atoms with E-state index in [0.717, 1.165) is 12.8 Å². The molecule has 8 heteroatoms. The van der Waals surface area contributed by atoms with Crippen molar-refractivity contribution in [3.8, 4) is 0 Å². The van der Waals surface area contributed by atoms with E-state index in [9.17, 15) is 18.4 Å². The van der Waals surface area contributed by atoms with E-state index in [1.165, 1.54) is 28.8 Å². The molecule has 1 atom stereocenters. The molecule has 1 amide bonds. The lowest BCUT2D eigenvalue weighted by atomic mass is 9.99. The van der Waals surface area contributed by atoms with E-state index in [0.29, 0.717) is 23.6 Å². The number of carbonyl (C=O) groups is 1. The van der Waals surface area contributed by atoms with Crippen LogP contribution in [0.4, 0.5) is 8.78 Å². The summed E-state index contributed by atoms with van der Waals surface area (Å²) in [5.41, 5.74) is 0.828. The van der Waals surface area contributed by atoms with Crippen LogP contribution in [0.25, 0.3) is 10.8 Å². The number of imidazole rings is 1. The van der Waals surface area contributed by atoms with Crippen molar-refractivity contribution >= 4 is 16.7 Å². The van der Waals surface area contributed by atoms with Crippen LogP contribution < -0.4 is 10.9 Å². The Hall–Kier alpha value is -3.81. The van der Waals surface area contributed by atoms with Gasteiger partial charge in [0.15, 0.2) is 0 Å². The van der Waals surface area contributed by atoms with Gasteiger partial charge in [-0.1, -0.05) is 24.3 Å². The Bertz CT molecular complexity index is 1490. The Labute approximate surface area is 201 Å². The van der Waals surface area contributed by atoms with Crippen LogP contribution in [0.3, 0.4) is 0 Å². The molecule has 1 aliphatic rings. The molecule has 0 saturated heterocycles. The normalized spacial score (nSPS) is 14.3. The summed E-state index contributed by atoms with van der Waals surface area (Å²) in [5.74, 6) is -0.640. The largest absolute Gasteiger partial charge is 0.345 e. The number of hydrogen-bond acceptors (Lipinski definition) is 3. The molecule has 2 heterocycles. The van der Waals surface area contributed by atoms with Gasteiger partial charge in [0.25, 0.3) is 11.5 Å². The molecular weight excluding hydrogens is 450 g/mol. The molecule has 1 fully saturated rings. The first-order chi connectivity index (χ1) is 16.9. The zero-order chi connectivity index (χ0) is 24.7. The second kappa shape index (κ2) is 9.09. The van der Waals surface area contributed by atoms with Crippen LogP contribution in [0, 0.1) is 24.5 Å². The number of rotatable bonds is 7. The highest BCUT2D eigenvalue weighted by molar-refractivity contribution is 6.08. The molecule has 0 unspecified atom stereocenters. The van der Waals surface area contributed by atoms with Crippen molar-refractivity contribution in [2.24, 2.45) is 5.92 Å². The SMILES string of the molecule is CCn1ccnc1Cn1c(C)c(C(=O)N[C@H](c2cccc(F)c2)C2CC2)c2cccc(F)c2c1=O. The van der Waals surface area contributed by atoms with Crippen molar-refractivity contribution in [2.75, 3.05) is 0 Å². The maximum Gasteiger partial charge on any atom is 0.262 e. The molecule has 0 aliphatic heterocycles. The van der Waals surface area contributed by atoms with Gasteiger partial charge >= 0.3 is 0 Å². The summed E-state index contributed by atoms with van der Waals surface area (Å²) in [6.45, 7) is 4.42. The molecule has 35 heavy (non-hydrogen) atoms. The first kappa shape index (κ1) is 23.0. The van der Waals surface area contributed by atoms with Crippen LogP contribution in [0.5, 0.6) is 0 Å². The van der Waals surface area contributed by atoms with Crippen molar-refractivity contribution in [1.82, 2.24) is 19.4 Å². The third-order valence-corrected chi connectivity index (χ3v) is 6.77. The minimum atomic E-state index is -0.682. The topological polar surface area (TPSA) is 68.9 Å². The molecule has 1 aliphatic carbocycles. The van der Waals surface area contributed by atoms with E-state index in [1.807, 2.05) is 17.7 Å². The minimum absolute atomic E-state index is 0.103. The summed E-state index contributed by atoms with van der Waals surface area (Å²) in [6.07, 6.45) is 5.31. The van der Waals surface area contributed by atoms with Crippen LogP contribution in [-0.4, -0.2) is 20.0 Å². The highest BCUT2D eigenvalue weighted by atomic mass is 19.1. The predicted molar refractivity (Wildman–Crippen MR) is 129 cm³/mol. The average Bonchev–Trinajstić information content (AvgIpc) is 3.57. The molecule has 2 aromatic heterocycles. The molecule has 1 saturated carbocycles. The van der Waals surface area contributed by atoms with E-state index in [1.54, 1.807) is 31.3 Å². The zero-order valence-corrected chi connectivity index (χ0v) is 19.6. The van der Waals surface area contributed by atoms with Crippen molar-refractivity contribution in [3.63, 3.8) is 0 Å². The van der Waals surface area contributed by atoms with Gasteiger partial charge in [-0.05, 0) is 56.4 Å². The highest BCUT2D eigenvalue weighted by Crippen LogP contribution is 2.41. The Morgan fingerprint density at radius 1 is 1.20 bits per heavy atom. The van der Waals surface area contributed by atoms with Crippen molar-refractivity contribution in [2.45, 2.75) is 45.8 Å². The summed E-state index contributed by atoms with van der Waals surface area (Å²) < 4.78 is 32.2. The fourth-order valence-electron chi connectivity index (χ4n) is 4.78. The number of pyridine rings is 1.